The van der Waals surface area contributed by atoms with E-state index in [0.29, 0.717) is 0 Å². The van der Waals surface area contributed by atoms with Crippen LogP contribution >= 0.6 is 0 Å². The van der Waals surface area contributed by atoms with Gasteiger partial charge in [-0.1, -0.05) is 105 Å². The van der Waals surface area contributed by atoms with E-state index in [2.05, 4.69) is 91.8 Å². The minimum atomic E-state index is 0.998. The molecule has 0 unspecified atom stereocenters. The molecule has 1 aliphatic heterocycles. The van der Waals surface area contributed by atoms with Gasteiger partial charge < -0.3 is 5.53 Å². The fraction of sp³-hybridized carbons (Fsp3) is 0.660. The summed E-state index contributed by atoms with van der Waals surface area (Å²) in [5, 5.41) is 2.72. The zero-order valence-electron chi connectivity index (χ0n) is 33.9. The van der Waals surface area contributed by atoms with E-state index >= 15 is 0 Å². The van der Waals surface area contributed by atoms with Crippen molar-refractivity contribution in [2.75, 3.05) is 0 Å². The first-order valence-corrected chi connectivity index (χ1v) is 22.4. The third kappa shape index (κ3) is 15.3. The van der Waals surface area contributed by atoms with Gasteiger partial charge in [-0.05, 0) is 118 Å². The van der Waals surface area contributed by atoms with Crippen LogP contribution in [0.4, 0.5) is 0 Å². The molecule has 0 atom stereocenters. The van der Waals surface area contributed by atoms with Gasteiger partial charge in [-0.2, -0.15) is 0 Å². The average Bonchev–Trinajstić information content (AvgIpc) is 3.37. The first-order chi connectivity index (χ1) is 24.4. The second-order valence-corrected chi connectivity index (χ2v) is 16.1. The van der Waals surface area contributed by atoms with E-state index in [0.717, 1.165) is 56.3 Å². The third-order valence-corrected chi connectivity index (χ3v) is 11.5. The zero-order chi connectivity index (χ0) is 36.6. The van der Waals surface area contributed by atoms with Crippen molar-refractivity contribution in [3.8, 4) is 0 Å². The number of unbranched alkanes of at least 4 members (excludes halogenated alkanes) is 9. The van der Waals surface area contributed by atoms with Crippen LogP contribution in [0.5, 0.6) is 0 Å². The van der Waals surface area contributed by atoms with Gasteiger partial charge >= 0.3 is 51.9 Å². The van der Waals surface area contributed by atoms with Crippen LogP contribution in [0.15, 0.2) is 47.5 Å². The second-order valence-electron chi connectivity index (χ2n) is 14.6. The Kier molecular flexibility index (Phi) is 23.6. The van der Waals surface area contributed by atoms with E-state index in [4.69, 9.17) is 0 Å². The van der Waals surface area contributed by atoms with Gasteiger partial charge in [-0.3, -0.25) is 0 Å². The minimum absolute atomic E-state index is 0.998. The fourth-order valence-electron chi connectivity index (χ4n) is 6.97. The average molecular weight is 728 g/mol. The summed E-state index contributed by atoms with van der Waals surface area (Å²) in [6.45, 7) is 18.1. The quantitative estimate of drug-likeness (QED) is 0.0553. The number of nitrogens with zero attached hydrogens (tertiary/aromatic N) is 2. The maximum atomic E-state index is 12.1. The molecule has 3 rings (SSSR count). The van der Waals surface area contributed by atoms with Crippen LogP contribution in [0.2, 0.25) is 10.8 Å². The summed E-state index contributed by atoms with van der Waals surface area (Å²) >= 11 is 1.90. The topological polar surface area (TPSA) is 25.3 Å². The van der Waals surface area contributed by atoms with E-state index in [-0.39, 0.29) is 0 Å². The van der Waals surface area contributed by atoms with Crippen LogP contribution in [0, 0.1) is 0 Å². The molecule has 0 aromatic heterocycles. The van der Waals surface area contributed by atoms with Crippen LogP contribution in [0.25, 0.3) is 16.9 Å². The van der Waals surface area contributed by atoms with Crippen molar-refractivity contribution in [2.24, 2.45) is 0 Å². The summed E-state index contributed by atoms with van der Waals surface area (Å²) in [6, 6.07) is 14.4. The number of hydrogen-bond donors (Lipinski definition) is 0. The Morgan fingerprint density at radius 2 is 0.820 bits per heavy atom. The van der Waals surface area contributed by atoms with Crippen molar-refractivity contribution in [2.45, 2.75) is 201 Å². The van der Waals surface area contributed by atoms with Crippen molar-refractivity contribution < 1.29 is 19.1 Å². The predicted octanol–water partition coefficient (Wildman–Crippen LogP) is 15.7. The number of rotatable bonds is 25. The number of benzene rings is 2. The SMILES string of the molecule is CCCCCCc1cc(CCCC)cc(C2=C(C)C(CCCC)=C(c3cc(CCCC)cc(CCCCCC)c3)[N+]2=[N-])c1.CC[CH2][Ni][CH2]CC. The molecule has 2 nitrogen and oxygen atoms in total. The van der Waals surface area contributed by atoms with Gasteiger partial charge in [-0.15, -0.1) is 0 Å². The monoisotopic (exact) mass is 727 g/mol. The Labute approximate surface area is 316 Å². The predicted molar refractivity (Wildman–Crippen MR) is 219 cm³/mol. The molecule has 0 amide bonds. The molecular weight excluding hydrogens is 651 g/mol. The molecule has 1 heterocycles. The third-order valence-electron chi connectivity index (χ3n) is 9.77. The van der Waals surface area contributed by atoms with Crippen LogP contribution in [-0.2, 0) is 40.1 Å². The molecule has 0 N–H and O–H groups in total. The molecule has 0 spiro atoms. The van der Waals surface area contributed by atoms with E-state index in [1.54, 1.807) is 4.70 Å². The molecule has 0 saturated carbocycles. The number of aryl methyl sites for hydroxylation is 4. The molecule has 2 aromatic rings. The molecule has 3 heteroatoms. The first-order valence-electron chi connectivity index (χ1n) is 21.0. The van der Waals surface area contributed by atoms with Crippen LogP contribution in [-0.4, -0.2) is 4.70 Å². The summed E-state index contributed by atoms with van der Waals surface area (Å²) < 4.78 is 1.58. The molecule has 50 heavy (non-hydrogen) atoms. The fourth-order valence-corrected chi connectivity index (χ4v) is 7.91. The van der Waals surface area contributed by atoms with Crippen molar-refractivity contribution in [1.29, 1.82) is 0 Å². The Hall–Kier alpha value is -1.99. The molecule has 0 bridgehead atoms. The molecule has 284 valence electrons. The summed E-state index contributed by atoms with van der Waals surface area (Å²) in [7, 11) is 0. The van der Waals surface area contributed by atoms with Crippen LogP contribution in [0.3, 0.4) is 0 Å². The van der Waals surface area contributed by atoms with Gasteiger partial charge in [-0.25, -0.2) is 4.70 Å². The van der Waals surface area contributed by atoms with E-state index in [1.165, 1.54) is 145 Å². The van der Waals surface area contributed by atoms with Crippen molar-refractivity contribution in [1.82, 2.24) is 0 Å². The second kappa shape index (κ2) is 26.7. The van der Waals surface area contributed by atoms with E-state index in [9.17, 15) is 5.53 Å². The normalized spacial score (nSPS) is 13.1. The van der Waals surface area contributed by atoms with Gasteiger partial charge in [0.15, 0.2) is 0 Å². The van der Waals surface area contributed by atoms with E-state index in [1.807, 2.05) is 14.4 Å². The zero-order valence-corrected chi connectivity index (χ0v) is 34.9. The van der Waals surface area contributed by atoms with Crippen molar-refractivity contribution >= 4 is 11.4 Å². The van der Waals surface area contributed by atoms with Crippen molar-refractivity contribution in [3.63, 3.8) is 0 Å². The Morgan fingerprint density at radius 3 is 1.22 bits per heavy atom. The van der Waals surface area contributed by atoms with E-state index < -0.39 is 0 Å². The van der Waals surface area contributed by atoms with Gasteiger partial charge in [0, 0.05) is 22.3 Å². The summed E-state index contributed by atoms with van der Waals surface area (Å²) in [4.78, 5) is 0. The van der Waals surface area contributed by atoms with Crippen LogP contribution in [0.1, 0.15) is 198 Å². The van der Waals surface area contributed by atoms with Gasteiger partial charge in [0.05, 0.1) is 0 Å². The molecule has 0 saturated heterocycles. The molecule has 1 aliphatic rings. The molecule has 2 aromatic carbocycles. The standard InChI is InChI=1S/C41H62N2.2C3H7.Ni/c1-7-12-17-19-23-35-26-33(21-14-9-3)28-37(29-35)40-32(6)39(25-16-11-5)41(43(40)42)38-30-34(22-15-10-4)27-36(31-38)24-20-18-13-8-2;2*1-3-2;/h26-31H,7-25H2,1-6H3;2*1,3H2,2H3;. The summed E-state index contributed by atoms with van der Waals surface area (Å²) in [6.07, 6.45) is 25.4. The van der Waals surface area contributed by atoms with Crippen LogP contribution < -0.4 is 0 Å². The van der Waals surface area contributed by atoms with Gasteiger partial charge in [0.1, 0.15) is 0 Å². The summed E-state index contributed by atoms with van der Waals surface area (Å²) in [5.41, 5.74) is 24.8. The number of hydrogen-bond acceptors (Lipinski definition) is 0. The Morgan fingerprint density at radius 1 is 0.440 bits per heavy atom. The molecule has 0 fully saturated rings. The molecule has 0 aliphatic carbocycles. The first kappa shape index (κ1) is 44.2. The Balaban J connectivity index is 0.00000112. The number of allylic oxidation sites excluding steroid dienone is 2. The Bertz CT molecular complexity index is 1310. The molecule has 0 radical (unpaired) electrons. The van der Waals surface area contributed by atoms with Crippen molar-refractivity contribution in [3.05, 3.63) is 86.5 Å². The summed E-state index contributed by atoms with van der Waals surface area (Å²) in [5.74, 6) is 0. The maximum absolute atomic E-state index is 12.1. The molecular formula is C47H76N2Ni. The van der Waals surface area contributed by atoms with Gasteiger partial charge in [0.25, 0.3) is 0 Å². The van der Waals surface area contributed by atoms with Gasteiger partial charge in [0.2, 0.25) is 11.4 Å².